The predicted octanol–water partition coefficient (Wildman–Crippen LogP) is 4.30. The predicted molar refractivity (Wildman–Crippen MR) is 114 cm³/mol. The third-order valence-electron chi connectivity index (χ3n) is 5.34. The van der Waals surface area contributed by atoms with Crippen LogP contribution in [0.4, 0.5) is 0 Å². The van der Waals surface area contributed by atoms with E-state index in [-0.39, 0.29) is 18.7 Å². The Kier molecular flexibility index (Phi) is 4.59. The van der Waals surface area contributed by atoms with Crippen LogP contribution < -0.4 is 14.8 Å². The van der Waals surface area contributed by atoms with Crippen LogP contribution in [0.25, 0.3) is 11.0 Å². The van der Waals surface area contributed by atoms with Crippen molar-refractivity contribution in [2.24, 2.45) is 0 Å². The summed E-state index contributed by atoms with van der Waals surface area (Å²) >= 11 is 0. The average molecular weight is 399 g/mol. The first-order valence-corrected chi connectivity index (χ1v) is 9.86. The largest absolute Gasteiger partial charge is 0.454 e. The van der Waals surface area contributed by atoms with E-state index >= 15 is 0 Å². The minimum Gasteiger partial charge on any atom is -0.454 e. The van der Waals surface area contributed by atoms with Gasteiger partial charge in [-0.15, -0.1) is 0 Å². The number of rotatable bonds is 5. The number of nitrogens with zero attached hydrogens (tertiary/aromatic N) is 2. The summed E-state index contributed by atoms with van der Waals surface area (Å²) in [5.41, 5.74) is 4.78. The lowest BCUT2D eigenvalue weighted by Gasteiger charge is -2.15. The number of ether oxygens (including phenoxy) is 2. The van der Waals surface area contributed by atoms with Crippen LogP contribution in [0.3, 0.4) is 0 Å². The zero-order valence-corrected chi connectivity index (χ0v) is 16.5. The molecule has 1 atom stereocenters. The van der Waals surface area contributed by atoms with Crippen LogP contribution in [0, 0.1) is 0 Å². The maximum Gasteiger partial charge on any atom is 0.251 e. The Labute approximate surface area is 174 Å². The molecule has 1 aliphatic heterocycles. The van der Waals surface area contributed by atoms with Crippen LogP contribution in [-0.2, 0) is 6.54 Å². The Morgan fingerprint density at radius 3 is 2.73 bits per heavy atom. The highest BCUT2D eigenvalue weighted by Gasteiger charge is 2.17. The molecule has 5 rings (SSSR count). The highest BCUT2D eigenvalue weighted by Crippen LogP contribution is 2.34. The molecule has 150 valence electrons. The Hall–Kier alpha value is -3.80. The Morgan fingerprint density at radius 2 is 1.87 bits per heavy atom. The fraction of sp³-hybridized carbons (Fsp3) is 0.167. The molecule has 0 unspecified atom stereocenters. The number of nitrogens with one attached hydrogen (secondary N) is 1. The molecule has 2 heterocycles. The summed E-state index contributed by atoms with van der Waals surface area (Å²) in [6.45, 7) is 2.89. The van der Waals surface area contributed by atoms with Crippen molar-refractivity contribution in [2.75, 3.05) is 6.79 Å². The molecule has 0 radical (unpaired) electrons. The van der Waals surface area contributed by atoms with Crippen LogP contribution in [-0.4, -0.2) is 22.3 Å². The fourth-order valence-electron chi connectivity index (χ4n) is 3.64. The third kappa shape index (κ3) is 3.48. The Morgan fingerprint density at radius 1 is 1.07 bits per heavy atom. The van der Waals surface area contributed by atoms with Gasteiger partial charge in [-0.05, 0) is 54.4 Å². The van der Waals surface area contributed by atoms with Crippen molar-refractivity contribution in [1.29, 1.82) is 0 Å². The highest BCUT2D eigenvalue weighted by atomic mass is 16.7. The highest BCUT2D eigenvalue weighted by molar-refractivity contribution is 5.94. The molecule has 1 aliphatic rings. The van der Waals surface area contributed by atoms with Crippen LogP contribution in [0.15, 0.2) is 73.1 Å². The van der Waals surface area contributed by atoms with Crippen LogP contribution in [0.1, 0.15) is 34.5 Å². The Balaban J connectivity index is 1.26. The SMILES string of the molecule is C[C@@H](NC(=O)c1ccc(Cn2cnc3ccccc32)cc1)c1ccc2c(c1)OCO2. The lowest BCUT2D eigenvalue weighted by molar-refractivity contribution is 0.0939. The summed E-state index contributed by atoms with van der Waals surface area (Å²) in [6, 6.07) is 21.3. The van der Waals surface area contributed by atoms with Crippen molar-refractivity contribution < 1.29 is 14.3 Å². The smallest absolute Gasteiger partial charge is 0.251 e. The number of imidazole rings is 1. The van der Waals surface area contributed by atoms with Gasteiger partial charge >= 0.3 is 0 Å². The lowest BCUT2D eigenvalue weighted by Crippen LogP contribution is -2.26. The first-order chi connectivity index (χ1) is 14.7. The lowest BCUT2D eigenvalue weighted by atomic mass is 10.1. The number of para-hydroxylation sites is 2. The number of fused-ring (bicyclic) bond motifs is 2. The Bertz CT molecular complexity index is 1210. The zero-order chi connectivity index (χ0) is 20.5. The number of amides is 1. The van der Waals surface area contributed by atoms with E-state index in [2.05, 4.69) is 20.9 Å². The van der Waals surface area contributed by atoms with Crippen LogP contribution in [0.5, 0.6) is 11.5 Å². The summed E-state index contributed by atoms with van der Waals surface area (Å²) in [4.78, 5) is 17.1. The molecular weight excluding hydrogens is 378 g/mol. The number of carbonyl (C=O) groups excluding carboxylic acids is 1. The number of benzene rings is 3. The van der Waals surface area contributed by atoms with Gasteiger partial charge in [-0.1, -0.05) is 30.3 Å². The molecule has 6 nitrogen and oxygen atoms in total. The van der Waals surface area contributed by atoms with Gasteiger partial charge in [-0.2, -0.15) is 0 Å². The van der Waals surface area contributed by atoms with Crippen molar-refractivity contribution in [3.8, 4) is 11.5 Å². The molecule has 1 N–H and O–H groups in total. The second-order valence-corrected chi connectivity index (χ2v) is 7.37. The normalized spacial score (nSPS) is 13.4. The van der Waals surface area contributed by atoms with E-state index in [1.807, 2.05) is 73.9 Å². The second-order valence-electron chi connectivity index (χ2n) is 7.37. The first-order valence-electron chi connectivity index (χ1n) is 9.86. The summed E-state index contributed by atoms with van der Waals surface area (Å²) in [5, 5.41) is 3.04. The van der Waals surface area contributed by atoms with Gasteiger partial charge in [-0.3, -0.25) is 4.79 Å². The van der Waals surface area contributed by atoms with Crippen molar-refractivity contribution in [3.05, 3.63) is 89.7 Å². The van der Waals surface area contributed by atoms with E-state index in [9.17, 15) is 4.79 Å². The van der Waals surface area contributed by atoms with Gasteiger partial charge in [0.15, 0.2) is 11.5 Å². The monoisotopic (exact) mass is 399 g/mol. The minimum absolute atomic E-state index is 0.111. The van der Waals surface area contributed by atoms with Gasteiger partial charge < -0.3 is 19.4 Å². The maximum absolute atomic E-state index is 12.7. The first kappa shape index (κ1) is 18.2. The van der Waals surface area contributed by atoms with E-state index in [4.69, 9.17) is 9.47 Å². The van der Waals surface area contributed by atoms with Gasteiger partial charge in [-0.25, -0.2) is 4.98 Å². The molecular formula is C24H21N3O3. The summed E-state index contributed by atoms with van der Waals surface area (Å²) < 4.78 is 12.9. The fourth-order valence-corrected chi connectivity index (χ4v) is 3.64. The third-order valence-corrected chi connectivity index (χ3v) is 5.34. The van der Waals surface area contributed by atoms with Crippen molar-refractivity contribution in [2.45, 2.75) is 19.5 Å². The molecule has 0 bridgehead atoms. The van der Waals surface area contributed by atoms with Gasteiger partial charge in [0.25, 0.3) is 5.91 Å². The minimum atomic E-state index is -0.149. The average Bonchev–Trinajstić information content (AvgIpc) is 3.41. The molecule has 4 aromatic rings. The van der Waals surface area contributed by atoms with Gasteiger partial charge in [0.1, 0.15) is 0 Å². The molecule has 1 amide bonds. The van der Waals surface area contributed by atoms with Crippen LogP contribution >= 0.6 is 0 Å². The molecule has 3 aromatic carbocycles. The van der Waals surface area contributed by atoms with E-state index < -0.39 is 0 Å². The van der Waals surface area contributed by atoms with E-state index in [1.54, 1.807) is 0 Å². The zero-order valence-electron chi connectivity index (χ0n) is 16.5. The number of hydrogen-bond acceptors (Lipinski definition) is 4. The molecule has 1 aromatic heterocycles. The van der Waals surface area contributed by atoms with E-state index in [1.165, 1.54) is 0 Å². The van der Waals surface area contributed by atoms with Crippen LogP contribution in [0.2, 0.25) is 0 Å². The van der Waals surface area contributed by atoms with Crippen molar-refractivity contribution in [1.82, 2.24) is 14.9 Å². The summed E-state index contributed by atoms with van der Waals surface area (Å²) in [5.74, 6) is 1.34. The molecule has 30 heavy (non-hydrogen) atoms. The number of carbonyl (C=O) groups is 1. The molecule has 0 saturated heterocycles. The topological polar surface area (TPSA) is 65.4 Å². The van der Waals surface area contributed by atoms with E-state index in [0.717, 1.165) is 27.9 Å². The molecule has 6 heteroatoms. The standard InChI is InChI=1S/C24H21N3O3/c1-16(19-10-11-22-23(12-19)30-15-29-22)26-24(28)18-8-6-17(7-9-18)13-27-14-25-20-4-2-3-5-21(20)27/h2-12,14,16H,13,15H2,1H3,(H,26,28)/t16-/m1/s1. The molecule has 0 fully saturated rings. The van der Waals surface area contributed by atoms with E-state index in [0.29, 0.717) is 17.9 Å². The maximum atomic E-state index is 12.7. The summed E-state index contributed by atoms with van der Waals surface area (Å²) in [7, 11) is 0. The van der Waals surface area contributed by atoms with Crippen molar-refractivity contribution in [3.63, 3.8) is 0 Å². The molecule has 0 spiro atoms. The van der Waals surface area contributed by atoms with Gasteiger partial charge in [0.05, 0.1) is 23.4 Å². The van der Waals surface area contributed by atoms with Gasteiger partial charge in [0.2, 0.25) is 6.79 Å². The van der Waals surface area contributed by atoms with Gasteiger partial charge in [0, 0.05) is 12.1 Å². The second kappa shape index (κ2) is 7.55. The summed E-state index contributed by atoms with van der Waals surface area (Å²) in [6.07, 6.45) is 1.85. The van der Waals surface area contributed by atoms with Crippen molar-refractivity contribution >= 4 is 16.9 Å². The number of hydrogen-bond donors (Lipinski definition) is 1. The molecule has 0 aliphatic carbocycles. The number of aromatic nitrogens is 2. The molecule has 0 saturated carbocycles. The quantitative estimate of drug-likeness (QED) is 0.543.